The van der Waals surface area contributed by atoms with Crippen LogP contribution in [0, 0.1) is 0 Å². The number of rotatable bonds is 4. The SMILES string of the molecule is Cl.Cl.Clc1cccc([CH]=[Zr]([C]2=CC=CC2)([c]2cccc3ccccc23)[c]2cccc3c2c2c(c4ccccc43)-c3ccccc3C2)c1. The first kappa shape index (κ1) is 32.0. The van der Waals surface area contributed by atoms with Crippen molar-refractivity contribution >= 4 is 79.0 Å². The predicted molar refractivity (Wildman–Crippen MR) is 206 cm³/mol. The third-order valence-electron chi connectivity index (χ3n) is 9.96. The summed E-state index contributed by atoms with van der Waals surface area (Å²) in [5.41, 5.74) is 6.91. The van der Waals surface area contributed by atoms with E-state index in [1.807, 2.05) is 6.07 Å². The Balaban J connectivity index is 0.00000176. The van der Waals surface area contributed by atoms with Crippen LogP contribution in [0.15, 0.2) is 155 Å². The van der Waals surface area contributed by atoms with E-state index in [1.54, 1.807) is 3.28 Å². The second-order valence-electron chi connectivity index (χ2n) is 12.3. The third-order valence-corrected chi connectivity index (χ3v) is 21.8. The molecule has 0 nitrogen and oxygen atoms in total. The van der Waals surface area contributed by atoms with Crippen molar-refractivity contribution in [1.82, 2.24) is 0 Å². The Morgan fingerprint density at radius 2 is 1.30 bits per heavy atom. The zero-order valence-electron chi connectivity index (χ0n) is 25.6. The van der Waals surface area contributed by atoms with Gasteiger partial charge in [0.15, 0.2) is 0 Å². The molecule has 0 aliphatic heterocycles. The molecule has 0 aromatic heterocycles. The fraction of sp³-hybridized carbons (Fsp3) is 0.0465. The Morgan fingerprint density at radius 1 is 0.617 bits per heavy atom. The van der Waals surface area contributed by atoms with Gasteiger partial charge >= 0.3 is 275 Å². The number of fused-ring (bicyclic) bond motifs is 9. The van der Waals surface area contributed by atoms with Crippen LogP contribution in [-0.4, -0.2) is 3.71 Å². The fourth-order valence-corrected chi connectivity index (χ4v) is 20.6. The van der Waals surface area contributed by atoms with E-state index in [-0.39, 0.29) is 24.8 Å². The second-order valence-corrected chi connectivity index (χ2v) is 21.7. The van der Waals surface area contributed by atoms with Gasteiger partial charge in [0.25, 0.3) is 0 Å². The van der Waals surface area contributed by atoms with E-state index in [0.29, 0.717) is 0 Å². The molecule has 1 unspecified atom stereocenters. The van der Waals surface area contributed by atoms with Crippen LogP contribution in [0.1, 0.15) is 23.1 Å². The van der Waals surface area contributed by atoms with Crippen LogP contribution < -0.4 is 6.54 Å². The summed E-state index contributed by atoms with van der Waals surface area (Å²) in [6.45, 7) is 0. The molecule has 0 radical (unpaired) electrons. The van der Waals surface area contributed by atoms with E-state index in [1.165, 1.54) is 66.7 Å². The molecule has 0 spiro atoms. The van der Waals surface area contributed by atoms with Crippen LogP contribution in [0.25, 0.3) is 43.4 Å². The molecule has 0 amide bonds. The van der Waals surface area contributed by atoms with Gasteiger partial charge in [-0.2, -0.15) is 0 Å². The molecule has 229 valence electrons. The number of allylic oxidation sites excluding steroid dienone is 4. The van der Waals surface area contributed by atoms with Crippen molar-refractivity contribution in [2.75, 3.05) is 0 Å². The van der Waals surface area contributed by atoms with E-state index in [0.717, 1.165) is 17.9 Å². The molecule has 0 saturated carbocycles. The molecule has 9 rings (SSSR count). The van der Waals surface area contributed by atoms with E-state index in [4.69, 9.17) is 11.6 Å². The molecule has 0 saturated heterocycles. The van der Waals surface area contributed by atoms with Gasteiger partial charge in [-0.05, 0) is 0 Å². The Morgan fingerprint density at radius 3 is 2.13 bits per heavy atom. The van der Waals surface area contributed by atoms with Crippen molar-refractivity contribution in [3.05, 3.63) is 177 Å². The summed E-state index contributed by atoms with van der Waals surface area (Å²) < 4.78 is 7.30. The first-order chi connectivity index (χ1) is 22.2. The molecule has 7 aromatic carbocycles. The standard InChI is InChI=1S/C21H13.C10H7.C7H5Cl.C5H5.2ClH.Zr/c1-2-8-15-14(7-1)13-20-18-11-4-3-9-16(18)17-10-5-6-12-19(17)21(15)20;1-2-6-10-8-4-3-7-9(10)5-1;1-6-3-2-4-7(8)5-6;1-2-4-5-3-1;;;/h1-10,12H,13H2;1-7H;1-5H;1-3H,4H2;2*1H;. The van der Waals surface area contributed by atoms with Crippen LogP contribution in [0.3, 0.4) is 0 Å². The Kier molecular flexibility index (Phi) is 8.71. The van der Waals surface area contributed by atoms with Crippen LogP contribution in [-0.2, 0) is 26.2 Å². The number of halogens is 3. The first-order valence-electron chi connectivity index (χ1n) is 15.7. The van der Waals surface area contributed by atoms with Gasteiger partial charge in [0.2, 0.25) is 0 Å². The quantitative estimate of drug-likeness (QED) is 0.157. The predicted octanol–water partition coefficient (Wildman–Crippen LogP) is 11.0. The second kappa shape index (κ2) is 12.8. The summed E-state index contributed by atoms with van der Waals surface area (Å²) in [5, 5.41) is 8.95. The molecule has 2 aliphatic carbocycles. The van der Waals surface area contributed by atoms with E-state index >= 15 is 0 Å². The molecule has 47 heavy (non-hydrogen) atoms. The van der Waals surface area contributed by atoms with Crippen LogP contribution in [0.5, 0.6) is 0 Å². The minimum absolute atomic E-state index is 0. The van der Waals surface area contributed by atoms with Crippen molar-refractivity contribution in [3.63, 3.8) is 0 Å². The maximum atomic E-state index is 6.69. The molecule has 7 aromatic rings. The summed E-state index contributed by atoms with van der Waals surface area (Å²) in [4.78, 5) is 0. The maximum absolute atomic E-state index is 6.69. The van der Waals surface area contributed by atoms with Gasteiger partial charge in [-0.3, -0.25) is 0 Å². The zero-order chi connectivity index (χ0) is 30.0. The van der Waals surface area contributed by atoms with E-state index in [2.05, 4.69) is 149 Å². The molecule has 2 aliphatic rings. The molecule has 0 bridgehead atoms. The van der Waals surface area contributed by atoms with Gasteiger partial charge in [0.1, 0.15) is 0 Å². The Labute approximate surface area is 297 Å². The van der Waals surface area contributed by atoms with Crippen LogP contribution in [0.4, 0.5) is 0 Å². The molecule has 1 atom stereocenters. The fourth-order valence-electron chi connectivity index (χ4n) is 8.14. The summed E-state index contributed by atoms with van der Waals surface area (Å²) in [6.07, 6.45) is 8.99. The van der Waals surface area contributed by atoms with Crippen molar-refractivity contribution in [3.8, 4) is 11.1 Å². The number of benzene rings is 7. The van der Waals surface area contributed by atoms with Gasteiger partial charge in [-0.1, -0.05) is 0 Å². The van der Waals surface area contributed by atoms with Crippen molar-refractivity contribution < 1.29 is 19.8 Å². The Bertz CT molecular complexity index is 2460. The number of hydrogen-bond acceptors (Lipinski definition) is 0. The molecule has 4 heteroatoms. The van der Waals surface area contributed by atoms with Gasteiger partial charge in [0, 0.05) is 0 Å². The van der Waals surface area contributed by atoms with Crippen LogP contribution in [0.2, 0.25) is 5.02 Å². The zero-order valence-corrected chi connectivity index (χ0v) is 30.5. The molecule has 0 heterocycles. The Hall–Kier alpha value is -3.58. The topological polar surface area (TPSA) is 0 Å². The monoisotopic (exact) mass is 743 g/mol. The van der Waals surface area contributed by atoms with Crippen molar-refractivity contribution in [2.24, 2.45) is 0 Å². The summed E-state index contributed by atoms with van der Waals surface area (Å²) in [6, 6.07) is 49.7. The van der Waals surface area contributed by atoms with E-state index < -0.39 is 19.8 Å². The first-order valence-corrected chi connectivity index (χ1v) is 21.2. The summed E-state index contributed by atoms with van der Waals surface area (Å²) >= 11 is 2.70. The van der Waals surface area contributed by atoms with E-state index in [9.17, 15) is 0 Å². The summed E-state index contributed by atoms with van der Waals surface area (Å²) in [5.74, 6) is 0. The van der Waals surface area contributed by atoms with Gasteiger partial charge in [-0.25, -0.2) is 0 Å². The van der Waals surface area contributed by atoms with Gasteiger partial charge in [-0.15, -0.1) is 24.8 Å². The summed E-state index contributed by atoms with van der Waals surface area (Å²) in [7, 11) is 0. The molecular weight excluding hydrogens is 714 g/mol. The number of hydrogen-bond donors (Lipinski definition) is 0. The normalized spacial score (nSPS) is 14.2. The third kappa shape index (κ3) is 5.03. The van der Waals surface area contributed by atoms with Crippen LogP contribution >= 0.6 is 36.4 Å². The molecule has 0 N–H and O–H groups in total. The molecular formula is C43H32Cl3Zr. The van der Waals surface area contributed by atoms with Gasteiger partial charge < -0.3 is 0 Å². The van der Waals surface area contributed by atoms with Gasteiger partial charge in [0.05, 0.1) is 0 Å². The molecule has 0 fully saturated rings. The van der Waals surface area contributed by atoms with Crippen molar-refractivity contribution in [2.45, 2.75) is 12.8 Å². The average molecular weight is 746 g/mol. The average Bonchev–Trinajstić information content (AvgIpc) is 3.76. The minimum atomic E-state index is -3.99. The van der Waals surface area contributed by atoms with Crippen molar-refractivity contribution in [1.29, 1.82) is 0 Å².